The van der Waals surface area contributed by atoms with Crippen LogP contribution in [0, 0.1) is 5.92 Å². The molecular formula is C14H22BrNO. The SMILES string of the molecule is CCC(C)CC(N)Cc1cc(OC)ccc1Br. The summed E-state index contributed by atoms with van der Waals surface area (Å²) in [6, 6.07) is 6.24. The maximum absolute atomic E-state index is 6.18. The van der Waals surface area contributed by atoms with E-state index in [-0.39, 0.29) is 6.04 Å². The van der Waals surface area contributed by atoms with E-state index in [1.807, 2.05) is 12.1 Å². The van der Waals surface area contributed by atoms with Crippen molar-refractivity contribution in [3.05, 3.63) is 28.2 Å². The first-order chi connectivity index (χ1) is 8.06. The van der Waals surface area contributed by atoms with Gasteiger partial charge in [0.05, 0.1) is 7.11 Å². The summed E-state index contributed by atoms with van der Waals surface area (Å²) in [5, 5.41) is 0. The minimum absolute atomic E-state index is 0.216. The Hall–Kier alpha value is -0.540. The minimum Gasteiger partial charge on any atom is -0.497 e. The molecule has 1 rings (SSSR count). The summed E-state index contributed by atoms with van der Waals surface area (Å²) in [6.45, 7) is 4.46. The molecule has 0 aliphatic heterocycles. The fraction of sp³-hybridized carbons (Fsp3) is 0.571. The van der Waals surface area contributed by atoms with Gasteiger partial charge in [0.2, 0.25) is 0 Å². The first-order valence-electron chi connectivity index (χ1n) is 6.14. The first-order valence-corrected chi connectivity index (χ1v) is 6.94. The lowest BCUT2D eigenvalue weighted by molar-refractivity contribution is 0.413. The van der Waals surface area contributed by atoms with Crippen LogP contribution in [0.15, 0.2) is 22.7 Å². The van der Waals surface area contributed by atoms with Crippen molar-refractivity contribution < 1.29 is 4.74 Å². The summed E-state index contributed by atoms with van der Waals surface area (Å²) in [5.74, 6) is 1.58. The molecule has 0 bridgehead atoms. The van der Waals surface area contributed by atoms with Gasteiger partial charge in [-0.15, -0.1) is 0 Å². The van der Waals surface area contributed by atoms with E-state index in [4.69, 9.17) is 10.5 Å². The Kier molecular flexibility index (Phi) is 6.00. The van der Waals surface area contributed by atoms with Crippen LogP contribution in [-0.4, -0.2) is 13.2 Å². The summed E-state index contributed by atoms with van der Waals surface area (Å²) >= 11 is 3.56. The number of nitrogens with two attached hydrogens (primary N) is 1. The average Bonchev–Trinajstić information content (AvgIpc) is 2.31. The summed E-state index contributed by atoms with van der Waals surface area (Å²) in [7, 11) is 1.69. The maximum Gasteiger partial charge on any atom is 0.119 e. The first kappa shape index (κ1) is 14.5. The van der Waals surface area contributed by atoms with Crippen LogP contribution in [0.3, 0.4) is 0 Å². The second-order valence-corrected chi connectivity index (χ2v) is 5.53. The molecule has 1 aromatic carbocycles. The van der Waals surface area contributed by atoms with Crippen LogP contribution in [0.1, 0.15) is 32.3 Å². The lowest BCUT2D eigenvalue weighted by Crippen LogP contribution is -2.25. The zero-order valence-electron chi connectivity index (χ0n) is 10.9. The molecule has 0 aliphatic rings. The van der Waals surface area contributed by atoms with Crippen molar-refractivity contribution in [3.8, 4) is 5.75 Å². The van der Waals surface area contributed by atoms with E-state index in [1.54, 1.807) is 7.11 Å². The lowest BCUT2D eigenvalue weighted by Gasteiger charge is -2.17. The monoisotopic (exact) mass is 299 g/mol. The van der Waals surface area contributed by atoms with E-state index < -0.39 is 0 Å². The summed E-state index contributed by atoms with van der Waals surface area (Å²) < 4.78 is 6.34. The largest absolute Gasteiger partial charge is 0.497 e. The van der Waals surface area contributed by atoms with Crippen molar-refractivity contribution in [1.82, 2.24) is 0 Å². The van der Waals surface area contributed by atoms with Crippen LogP contribution in [0.25, 0.3) is 0 Å². The molecule has 0 aromatic heterocycles. The van der Waals surface area contributed by atoms with Crippen molar-refractivity contribution in [2.75, 3.05) is 7.11 Å². The van der Waals surface area contributed by atoms with Crippen molar-refractivity contribution in [2.45, 2.75) is 39.2 Å². The fourth-order valence-corrected chi connectivity index (χ4v) is 2.29. The summed E-state index contributed by atoms with van der Waals surface area (Å²) in [6.07, 6.45) is 3.15. The van der Waals surface area contributed by atoms with Crippen LogP contribution >= 0.6 is 15.9 Å². The molecule has 96 valence electrons. The summed E-state index contributed by atoms with van der Waals surface area (Å²) in [4.78, 5) is 0. The number of methoxy groups -OCH3 is 1. The van der Waals surface area contributed by atoms with Crippen molar-refractivity contribution >= 4 is 15.9 Å². The molecule has 2 N–H and O–H groups in total. The van der Waals surface area contributed by atoms with Crippen LogP contribution < -0.4 is 10.5 Å². The molecule has 3 heteroatoms. The van der Waals surface area contributed by atoms with E-state index in [9.17, 15) is 0 Å². The molecule has 0 fully saturated rings. The molecule has 0 amide bonds. The topological polar surface area (TPSA) is 35.2 Å². The minimum atomic E-state index is 0.216. The molecule has 2 unspecified atom stereocenters. The molecule has 1 aromatic rings. The van der Waals surface area contributed by atoms with Crippen LogP contribution in [0.2, 0.25) is 0 Å². The predicted molar refractivity (Wildman–Crippen MR) is 76.4 cm³/mol. The molecule has 2 nitrogen and oxygen atoms in total. The van der Waals surface area contributed by atoms with Crippen molar-refractivity contribution in [3.63, 3.8) is 0 Å². The van der Waals surface area contributed by atoms with Gasteiger partial charge in [-0.3, -0.25) is 0 Å². The van der Waals surface area contributed by atoms with Crippen molar-refractivity contribution in [2.24, 2.45) is 11.7 Å². The van der Waals surface area contributed by atoms with Gasteiger partial charge in [0, 0.05) is 10.5 Å². The van der Waals surface area contributed by atoms with Crippen LogP contribution in [0.5, 0.6) is 5.75 Å². The molecular weight excluding hydrogens is 278 g/mol. The summed E-state index contributed by atoms with van der Waals surface area (Å²) in [5.41, 5.74) is 7.40. The van der Waals surface area contributed by atoms with Gasteiger partial charge in [-0.05, 0) is 42.5 Å². The maximum atomic E-state index is 6.18. The van der Waals surface area contributed by atoms with E-state index in [2.05, 4.69) is 35.8 Å². The van der Waals surface area contributed by atoms with E-state index in [0.717, 1.165) is 23.1 Å². The zero-order chi connectivity index (χ0) is 12.8. The van der Waals surface area contributed by atoms with E-state index in [0.29, 0.717) is 5.92 Å². The van der Waals surface area contributed by atoms with Crippen LogP contribution in [-0.2, 0) is 6.42 Å². The molecule has 2 atom stereocenters. The number of benzene rings is 1. The third kappa shape index (κ3) is 4.68. The highest BCUT2D eigenvalue weighted by Crippen LogP contribution is 2.24. The van der Waals surface area contributed by atoms with Gasteiger partial charge in [0.25, 0.3) is 0 Å². The number of ether oxygens (including phenoxy) is 1. The number of hydrogen-bond donors (Lipinski definition) is 1. The van der Waals surface area contributed by atoms with Gasteiger partial charge in [-0.1, -0.05) is 36.2 Å². The molecule has 0 heterocycles. The molecule has 0 saturated heterocycles. The van der Waals surface area contributed by atoms with Gasteiger partial charge in [0.1, 0.15) is 5.75 Å². The molecule has 0 spiro atoms. The molecule has 0 radical (unpaired) electrons. The smallest absolute Gasteiger partial charge is 0.119 e. The molecule has 0 aliphatic carbocycles. The van der Waals surface area contributed by atoms with Gasteiger partial charge < -0.3 is 10.5 Å². The Morgan fingerprint density at radius 1 is 1.41 bits per heavy atom. The number of hydrogen-bond acceptors (Lipinski definition) is 2. The van der Waals surface area contributed by atoms with Crippen LogP contribution in [0.4, 0.5) is 0 Å². The van der Waals surface area contributed by atoms with Crippen molar-refractivity contribution in [1.29, 1.82) is 0 Å². The van der Waals surface area contributed by atoms with Gasteiger partial charge >= 0.3 is 0 Å². The van der Waals surface area contributed by atoms with E-state index >= 15 is 0 Å². The Balaban J connectivity index is 2.66. The molecule has 17 heavy (non-hydrogen) atoms. The standard InChI is InChI=1S/C14H22BrNO/c1-4-10(2)7-12(16)8-11-9-13(17-3)5-6-14(11)15/h5-6,9-10,12H,4,7-8,16H2,1-3H3. The number of halogens is 1. The van der Waals surface area contributed by atoms with Gasteiger partial charge in [0.15, 0.2) is 0 Å². The second kappa shape index (κ2) is 7.02. The third-order valence-electron chi connectivity index (χ3n) is 3.14. The Morgan fingerprint density at radius 3 is 2.71 bits per heavy atom. The molecule has 0 saturated carbocycles. The number of rotatable bonds is 6. The predicted octanol–water partition coefficient (Wildman–Crippen LogP) is 3.76. The second-order valence-electron chi connectivity index (χ2n) is 4.67. The van der Waals surface area contributed by atoms with Gasteiger partial charge in [-0.25, -0.2) is 0 Å². The highest BCUT2D eigenvalue weighted by molar-refractivity contribution is 9.10. The quantitative estimate of drug-likeness (QED) is 0.868. The Labute approximate surface area is 113 Å². The highest BCUT2D eigenvalue weighted by atomic mass is 79.9. The zero-order valence-corrected chi connectivity index (χ0v) is 12.5. The van der Waals surface area contributed by atoms with E-state index in [1.165, 1.54) is 12.0 Å². The highest BCUT2D eigenvalue weighted by Gasteiger charge is 2.11. The normalized spacial score (nSPS) is 14.4. The fourth-order valence-electron chi connectivity index (χ4n) is 1.88. The Morgan fingerprint density at radius 2 is 2.12 bits per heavy atom. The van der Waals surface area contributed by atoms with Gasteiger partial charge in [-0.2, -0.15) is 0 Å². The average molecular weight is 300 g/mol. The Bertz CT molecular complexity index is 354. The third-order valence-corrected chi connectivity index (χ3v) is 3.91. The lowest BCUT2D eigenvalue weighted by atomic mass is 9.95.